The third-order valence-electron chi connectivity index (χ3n) is 3.52. The van der Waals surface area contributed by atoms with E-state index in [2.05, 4.69) is 15.9 Å². The van der Waals surface area contributed by atoms with Gasteiger partial charge in [-0.15, -0.1) is 11.8 Å². The first-order chi connectivity index (χ1) is 9.97. The first kappa shape index (κ1) is 16.2. The van der Waals surface area contributed by atoms with E-state index < -0.39 is 5.97 Å². The maximum absolute atomic E-state index is 12.1. The average molecular weight is 373 g/mol. The van der Waals surface area contributed by atoms with Gasteiger partial charge in [-0.1, -0.05) is 15.9 Å². The van der Waals surface area contributed by atoms with Gasteiger partial charge in [-0.2, -0.15) is 0 Å². The van der Waals surface area contributed by atoms with E-state index in [1.54, 1.807) is 11.0 Å². The molecular formula is C14H17BrN2O3S. The molecule has 7 heteroatoms. The Balaban J connectivity index is 1.85. The molecular weight excluding hydrogens is 356 g/mol. The van der Waals surface area contributed by atoms with Crippen LogP contribution in [0, 0.1) is 5.92 Å². The molecule has 1 fully saturated rings. The largest absolute Gasteiger partial charge is 0.481 e. The minimum absolute atomic E-state index is 0.0308. The number of carbonyl (C=O) groups excluding carboxylic acids is 1. The van der Waals surface area contributed by atoms with Gasteiger partial charge in [-0.3, -0.25) is 9.59 Å². The van der Waals surface area contributed by atoms with Crippen LogP contribution < -0.4 is 5.73 Å². The molecule has 1 aromatic carbocycles. The number of amides is 1. The lowest BCUT2D eigenvalue weighted by Gasteiger charge is -2.30. The van der Waals surface area contributed by atoms with Crippen LogP contribution in [-0.4, -0.2) is 40.7 Å². The third kappa shape index (κ3) is 4.38. The van der Waals surface area contributed by atoms with Gasteiger partial charge in [0.25, 0.3) is 0 Å². The maximum Gasteiger partial charge on any atom is 0.306 e. The minimum atomic E-state index is -0.765. The lowest BCUT2D eigenvalue weighted by molar-refractivity contribution is -0.145. The van der Waals surface area contributed by atoms with E-state index in [0.717, 1.165) is 9.37 Å². The number of aliphatic carboxylic acids is 1. The third-order valence-corrected chi connectivity index (χ3v) is 5.07. The van der Waals surface area contributed by atoms with Crippen LogP contribution in [-0.2, 0) is 9.59 Å². The first-order valence-corrected chi connectivity index (χ1v) is 8.43. The molecule has 0 saturated carbocycles. The van der Waals surface area contributed by atoms with Gasteiger partial charge in [0.1, 0.15) is 0 Å². The van der Waals surface area contributed by atoms with Crippen molar-refractivity contribution in [2.24, 2.45) is 5.92 Å². The van der Waals surface area contributed by atoms with Crippen LogP contribution in [0.15, 0.2) is 27.6 Å². The molecule has 2 rings (SSSR count). The molecule has 3 N–H and O–H groups in total. The summed E-state index contributed by atoms with van der Waals surface area (Å²) >= 11 is 4.79. The van der Waals surface area contributed by atoms with E-state index >= 15 is 0 Å². The lowest BCUT2D eigenvalue weighted by atomic mass is 9.97. The van der Waals surface area contributed by atoms with Crippen molar-refractivity contribution < 1.29 is 14.7 Å². The molecule has 0 atom stereocenters. The molecule has 114 valence electrons. The van der Waals surface area contributed by atoms with Crippen LogP contribution in [0.4, 0.5) is 5.69 Å². The molecule has 5 nitrogen and oxygen atoms in total. The van der Waals surface area contributed by atoms with Crippen LogP contribution in [0.2, 0.25) is 0 Å². The number of carboxylic acid groups (broad SMARTS) is 1. The van der Waals surface area contributed by atoms with Crippen LogP contribution in [0.25, 0.3) is 0 Å². The molecule has 0 spiro atoms. The fourth-order valence-corrected chi connectivity index (χ4v) is 3.66. The Hall–Kier alpha value is -1.21. The zero-order valence-corrected chi connectivity index (χ0v) is 13.8. The van der Waals surface area contributed by atoms with E-state index in [9.17, 15) is 9.59 Å². The predicted molar refractivity (Wildman–Crippen MR) is 86.2 cm³/mol. The Morgan fingerprint density at radius 1 is 1.38 bits per heavy atom. The Labute approximate surface area is 136 Å². The molecule has 0 bridgehead atoms. The van der Waals surface area contributed by atoms with Gasteiger partial charge in [0.05, 0.1) is 11.7 Å². The second-order valence-electron chi connectivity index (χ2n) is 4.96. The first-order valence-electron chi connectivity index (χ1n) is 6.66. The monoisotopic (exact) mass is 372 g/mol. The van der Waals surface area contributed by atoms with Crippen molar-refractivity contribution in [3.05, 3.63) is 22.7 Å². The van der Waals surface area contributed by atoms with Crippen molar-refractivity contribution in [2.45, 2.75) is 17.7 Å². The summed E-state index contributed by atoms with van der Waals surface area (Å²) in [7, 11) is 0. The Morgan fingerprint density at radius 2 is 2.05 bits per heavy atom. The molecule has 0 radical (unpaired) electrons. The number of hydrogen-bond donors (Lipinski definition) is 2. The number of carboxylic acids is 1. The van der Waals surface area contributed by atoms with Gasteiger partial charge in [0, 0.05) is 28.1 Å². The summed E-state index contributed by atoms with van der Waals surface area (Å²) in [5, 5.41) is 8.95. The van der Waals surface area contributed by atoms with Crippen molar-refractivity contribution in [2.75, 3.05) is 24.6 Å². The van der Waals surface area contributed by atoms with Gasteiger partial charge in [0.2, 0.25) is 5.91 Å². The quantitative estimate of drug-likeness (QED) is 0.626. The molecule has 1 amide bonds. The van der Waals surface area contributed by atoms with Gasteiger partial charge in [0.15, 0.2) is 0 Å². The maximum atomic E-state index is 12.1. The van der Waals surface area contributed by atoms with E-state index in [1.165, 1.54) is 11.8 Å². The van der Waals surface area contributed by atoms with Gasteiger partial charge < -0.3 is 15.7 Å². The zero-order chi connectivity index (χ0) is 15.4. The highest BCUT2D eigenvalue weighted by molar-refractivity contribution is 9.10. The van der Waals surface area contributed by atoms with Gasteiger partial charge in [-0.05, 0) is 31.0 Å². The predicted octanol–water partition coefficient (Wildman–Crippen LogP) is 2.45. The standard InChI is InChI=1S/C14H17BrN2O3S/c15-10-1-2-11(16)12(7-10)21-8-13(18)17-5-3-9(4-6-17)14(19)20/h1-2,7,9H,3-6,8,16H2,(H,19,20). The second kappa shape index (κ2) is 7.17. The molecule has 0 unspecified atom stereocenters. The van der Waals surface area contributed by atoms with Crippen molar-refractivity contribution in [1.29, 1.82) is 0 Å². The Kier molecular flexibility index (Phi) is 5.52. The van der Waals surface area contributed by atoms with Crippen molar-refractivity contribution in [3.8, 4) is 0 Å². The molecule has 1 aromatic rings. The van der Waals surface area contributed by atoms with Gasteiger partial charge in [-0.25, -0.2) is 0 Å². The summed E-state index contributed by atoms with van der Waals surface area (Å²) in [6, 6.07) is 5.55. The summed E-state index contributed by atoms with van der Waals surface area (Å²) in [6.45, 7) is 1.04. The highest BCUT2D eigenvalue weighted by Gasteiger charge is 2.26. The van der Waals surface area contributed by atoms with Crippen molar-refractivity contribution in [3.63, 3.8) is 0 Å². The number of carbonyl (C=O) groups is 2. The topological polar surface area (TPSA) is 83.6 Å². The number of piperidine rings is 1. The van der Waals surface area contributed by atoms with Crippen LogP contribution in [0.1, 0.15) is 12.8 Å². The summed E-state index contributed by atoms with van der Waals surface area (Å²) in [5.41, 5.74) is 6.53. The Morgan fingerprint density at radius 3 is 2.67 bits per heavy atom. The number of nitrogens with zero attached hydrogens (tertiary/aromatic N) is 1. The number of benzene rings is 1. The van der Waals surface area contributed by atoms with E-state index in [0.29, 0.717) is 37.4 Å². The van der Waals surface area contributed by atoms with E-state index in [4.69, 9.17) is 10.8 Å². The van der Waals surface area contributed by atoms with Crippen LogP contribution in [0.3, 0.4) is 0 Å². The SMILES string of the molecule is Nc1ccc(Br)cc1SCC(=O)N1CCC(C(=O)O)CC1. The normalized spacial score (nSPS) is 16.0. The van der Waals surface area contributed by atoms with Crippen molar-refractivity contribution >= 4 is 45.3 Å². The number of thioether (sulfide) groups is 1. The molecule has 1 aliphatic heterocycles. The number of rotatable bonds is 4. The minimum Gasteiger partial charge on any atom is -0.481 e. The average Bonchev–Trinajstić information content (AvgIpc) is 2.48. The van der Waals surface area contributed by atoms with E-state index in [1.807, 2.05) is 12.1 Å². The summed E-state index contributed by atoms with van der Waals surface area (Å²) in [4.78, 5) is 25.6. The molecule has 0 aromatic heterocycles. The molecule has 21 heavy (non-hydrogen) atoms. The number of hydrogen-bond acceptors (Lipinski definition) is 4. The molecule has 0 aliphatic carbocycles. The van der Waals surface area contributed by atoms with Crippen LogP contribution >= 0.6 is 27.7 Å². The Bertz CT molecular complexity index is 545. The fraction of sp³-hybridized carbons (Fsp3) is 0.429. The van der Waals surface area contributed by atoms with Crippen molar-refractivity contribution in [1.82, 2.24) is 4.90 Å². The summed E-state index contributed by atoms with van der Waals surface area (Å²) in [6.07, 6.45) is 1.07. The molecule has 1 heterocycles. The number of halogens is 1. The second-order valence-corrected chi connectivity index (χ2v) is 6.90. The zero-order valence-electron chi connectivity index (χ0n) is 11.4. The number of likely N-dealkylation sites (tertiary alicyclic amines) is 1. The van der Waals surface area contributed by atoms with Gasteiger partial charge >= 0.3 is 5.97 Å². The molecule has 1 aliphatic rings. The highest BCUT2D eigenvalue weighted by atomic mass is 79.9. The van der Waals surface area contributed by atoms with E-state index in [-0.39, 0.29) is 11.8 Å². The molecule has 1 saturated heterocycles. The summed E-state index contributed by atoms with van der Waals surface area (Å²) < 4.78 is 0.925. The summed E-state index contributed by atoms with van der Waals surface area (Å²) in [5.74, 6) is -0.734. The van der Waals surface area contributed by atoms with Crippen LogP contribution in [0.5, 0.6) is 0 Å². The fourth-order valence-electron chi connectivity index (χ4n) is 2.24. The number of nitrogens with two attached hydrogens (primary N) is 1. The smallest absolute Gasteiger partial charge is 0.306 e. The lowest BCUT2D eigenvalue weighted by Crippen LogP contribution is -2.41. The number of anilines is 1. The highest BCUT2D eigenvalue weighted by Crippen LogP contribution is 2.29. The number of nitrogen functional groups attached to an aromatic ring is 1.